The lowest BCUT2D eigenvalue weighted by atomic mass is 9.88. The Bertz CT molecular complexity index is 665. The van der Waals surface area contributed by atoms with E-state index in [1.54, 1.807) is 13.1 Å². The van der Waals surface area contributed by atoms with Crippen molar-refractivity contribution in [2.75, 3.05) is 20.7 Å². The molecule has 1 heterocycles. The predicted octanol–water partition coefficient (Wildman–Crippen LogP) is 3.05. The third-order valence-electron chi connectivity index (χ3n) is 3.13. The number of carbonyl (C=O) groups is 2. The maximum Gasteiger partial charge on any atom is 0.347 e. The van der Waals surface area contributed by atoms with Crippen LogP contribution >= 0.6 is 11.3 Å². The average molecular weight is 304 g/mol. The van der Waals surface area contributed by atoms with Crippen LogP contribution in [0.4, 0.5) is 5.00 Å². The van der Waals surface area contributed by atoms with Crippen LogP contribution in [0.2, 0.25) is 0 Å². The second-order valence-electron chi connectivity index (χ2n) is 4.87. The van der Waals surface area contributed by atoms with Crippen molar-refractivity contribution in [3.8, 4) is 0 Å². The third kappa shape index (κ3) is 2.83. The van der Waals surface area contributed by atoms with E-state index < -0.39 is 5.97 Å². The largest absolute Gasteiger partial charge is 0.462 e. The van der Waals surface area contributed by atoms with Gasteiger partial charge in [0.2, 0.25) is 0 Å². The van der Waals surface area contributed by atoms with Gasteiger partial charge in [0.15, 0.2) is 5.78 Å². The summed E-state index contributed by atoms with van der Waals surface area (Å²) in [5.41, 5.74) is 1.73. The molecule has 110 valence electrons. The van der Waals surface area contributed by atoms with Crippen molar-refractivity contribution < 1.29 is 14.3 Å². The molecule has 2 rings (SSSR count). The Balaban J connectivity index is 2.51. The van der Waals surface area contributed by atoms with Crippen molar-refractivity contribution in [3.05, 3.63) is 39.2 Å². The molecule has 0 spiro atoms. The van der Waals surface area contributed by atoms with Gasteiger partial charge in [-0.15, -0.1) is 11.3 Å². The number of ether oxygens (including phenoxy) is 1. The van der Waals surface area contributed by atoms with Crippen LogP contribution in [0.1, 0.15) is 38.9 Å². The first-order chi connectivity index (χ1) is 9.99. The number of thiophene rings is 1. The molecule has 0 aromatic carbocycles. The van der Waals surface area contributed by atoms with Crippen LogP contribution < -0.4 is 0 Å². The van der Waals surface area contributed by atoms with E-state index >= 15 is 0 Å². The molecule has 5 nitrogen and oxygen atoms in total. The van der Waals surface area contributed by atoms with E-state index in [4.69, 9.17) is 11.3 Å². The summed E-state index contributed by atoms with van der Waals surface area (Å²) in [6.07, 6.45) is 2.94. The molecule has 0 unspecified atom stereocenters. The van der Waals surface area contributed by atoms with E-state index in [0.717, 1.165) is 11.3 Å². The maximum absolute atomic E-state index is 12.5. The number of fused-ring (bicyclic) bond motifs is 1. The molecule has 6 heteroatoms. The first-order valence-corrected chi connectivity index (χ1v) is 7.43. The summed E-state index contributed by atoms with van der Waals surface area (Å²) in [5.74, 6) is -0.593. The predicted molar refractivity (Wildman–Crippen MR) is 81.0 cm³/mol. The Morgan fingerprint density at radius 1 is 1.48 bits per heavy atom. The first-order valence-electron chi connectivity index (χ1n) is 6.61. The Morgan fingerprint density at radius 3 is 2.76 bits per heavy atom. The number of carbonyl (C=O) groups excluding carboxylic acids is 2. The van der Waals surface area contributed by atoms with Crippen molar-refractivity contribution in [1.29, 1.82) is 0 Å². The van der Waals surface area contributed by atoms with Crippen LogP contribution in [0.5, 0.6) is 0 Å². The maximum atomic E-state index is 12.5. The lowest BCUT2D eigenvalue weighted by molar-refractivity contribution is 0.0531. The Morgan fingerprint density at radius 2 is 2.19 bits per heavy atom. The first kappa shape index (κ1) is 15.3. The molecule has 1 aliphatic carbocycles. The molecule has 0 saturated heterocycles. The van der Waals surface area contributed by atoms with Crippen LogP contribution in [-0.4, -0.2) is 37.4 Å². The molecule has 1 aromatic rings. The van der Waals surface area contributed by atoms with Gasteiger partial charge >= 0.3 is 5.97 Å². The highest BCUT2D eigenvalue weighted by molar-refractivity contribution is 7.18. The fourth-order valence-corrected chi connectivity index (χ4v) is 3.36. The zero-order chi connectivity index (χ0) is 15.6. The van der Waals surface area contributed by atoms with Gasteiger partial charge in [-0.2, -0.15) is 0 Å². The van der Waals surface area contributed by atoms with Gasteiger partial charge < -0.3 is 9.64 Å². The van der Waals surface area contributed by atoms with Gasteiger partial charge in [-0.1, -0.05) is 0 Å². The van der Waals surface area contributed by atoms with Gasteiger partial charge in [0.1, 0.15) is 4.88 Å². The molecule has 21 heavy (non-hydrogen) atoms. The van der Waals surface area contributed by atoms with Crippen LogP contribution in [0.15, 0.2) is 11.8 Å². The van der Waals surface area contributed by atoms with Crippen molar-refractivity contribution in [2.45, 2.75) is 19.8 Å². The molecule has 0 N–H and O–H groups in total. The molecule has 1 aliphatic rings. The average Bonchev–Trinajstić information content (AvgIpc) is 2.81. The van der Waals surface area contributed by atoms with Crippen LogP contribution in [0.25, 0.3) is 4.85 Å². The zero-order valence-electron chi connectivity index (χ0n) is 12.2. The topological polar surface area (TPSA) is 51.0 Å². The van der Waals surface area contributed by atoms with Gasteiger partial charge in [-0.3, -0.25) is 4.79 Å². The molecule has 0 saturated carbocycles. The van der Waals surface area contributed by atoms with E-state index in [9.17, 15) is 9.59 Å². The highest BCUT2D eigenvalue weighted by Crippen LogP contribution is 2.41. The minimum atomic E-state index is -0.443. The molecule has 0 radical (unpaired) electrons. The number of ketones is 1. The molecule has 0 bridgehead atoms. The number of nitrogens with zero attached hydrogens (tertiary/aromatic N) is 2. The second-order valence-corrected chi connectivity index (χ2v) is 5.87. The number of allylic oxidation sites excluding steroid dienone is 1. The minimum absolute atomic E-state index is 0.150. The molecule has 0 amide bonds. The van der Waals surface area contributed by atoms with E-state index in [0.29, 0.717) is 34.4 Å². The van der Waals surface area contributed by atoms with Gasteiger partial charge in [0.25, 0.3) is 5.00 Å². The van der Waals surface area contributed by atoms with E-state index in [-0.39, 0.29) is 17.4 Å². The molecule has 0 fully saturated rings. The summed E-state index contributed by atoms with van der Waals surface area (Å²) >= 11 is 1.06. The number of hydrogen-bond acceptors (Lipinski definition) is 5. The smallest absolute Gasteiger partial charge is 0.347 e. The summed E-state index contributed by atoms with van der Waals surface area (Å²) in [4.78, 5) is 30.1. The standard InChI is InChI=1S/C15H16N2O3S/c1-5-20-15(19)13-10-7-6-9(8-17(3)4)12(18)11(10)14(16-2)21-13/h8H,5-7H2,1,3-4H3/b9-8+. The van der Waals surface area contributed by atoms with E-state index in [1.165, 1.54) is 0 Å². The number of Topliss-reactive ketones (excluding diaryl/α,β-unsaturated/α-hetero) is 1. The highest BCUT2D eigenvalue weighted by Gasteiger charge is 2.32. The lowest BCUT2D eigenvalue weighted by Gasteiger charge is -2.17. The van der Waals surface area contributed by atoms with Crippen LogP contribution in [0, 0.1) is 6.57 Å². The molecule has 0 atom stereocenters. The van der Waals surface area contributed by atoms with Gasteiger partial charge in [0, 0.05) is 31.4 Å². The zero-order valence-corrected chi connectivity index (χ0v) is 13.0. The Hall–Kier alpha value is -2.13. The summed E-state index contributed by atoms with van der Waals surface area (Å²) in [6, 6.07) is 0. The number of esters is 1. The van der Waals surface area contributed by atoms with Crippen molar-refractivity contribution >= 4 is 28.1 Å². The number of rotatable bonds is 3. The van der Waals surface area contributed by atoms with Gasteiger partial charge in [-0.25, -0.2) is 9.64 Å². The fraction of sp³-hybridized carbons (Fsp3) is 0.400. The second kappa shape index (κ2) is 6.10. The molecular formula is C15H16N2O3S. The van der Waals surface area contributed by atoms with E-state index in [1.807, 2.05) is 19.0 Å². The Kier molecular flexibility index (Phi) is 4.43. The molecule has 0 aliphatic heterocycles. The van der Waals surface area contributed by atoms with Crippen molar-refractivity contribution in [1.82, 2.24) is 4.90 Å². The van der Waals surface area contributed by atoms with Gasteiger partial charge in [0.05, 0.1) is 13.2 Å². The van der Waals surface area contributed by atoms with Crippen molar-refractivity contribution in [3.63, 3.8) is 0 Å². The molecular weight excluding hydrogens is 288 g/mol. The fourth-order valence-electron chi connectivity index (χ4n) is 2.33. The van der Waals surface area contributed by atoms with Crippen LogP contribution in [-0.2, 0) is 11.2 Å². The summed E-state index contributed by atoms with van der Waals surface area (Å²) < 4.78 is 5.01. The van der Waals surface area contributed by atoms with Gasteiger partial charge in [-0.05, 0) is 25.3 Å². The Labute approximate surface area is 127 Å². The monoisotopic (exact) mass is 304 g/mol. The minimum Gasteiger partial charge on any atom is -0.462 e. The van der Waals surface area contributed by atoms with Crippen LogP contribution in [0.3, 0.4) is 0 Å². The quantitative estimate of drug-likeness (QED) is 0.489. The highest BCUT2D eigenvalue weighted by atomic mass is 32.1. The lowest BCUT2D eigenvalue weighted by Crippen LogP contribution is -2.17. The SMILES string of the molecule is [C-]#[N+]c1sc(C(=O)OCC)c2c1C(=O)/C(=C/N(C)C)CC2. The number of hydrogen-bond donors (Lipinski definition) is 0. The summed E-state index contributed by atoms with van der Waals surface area (Å²) in [6.45, 7) is 9.25. The molecule has 1 aromatic heterocycles. The summed E-state index contributed by atoms with van der Waals surface area (Å²) in [7, 11) is 3.70. The third-order valence-corrected chi connectivity index (χ3v) is 4.23. The normalized spacial score (nSPS) is 15.5. The van der Waals surface area contributed by atoms with E-state index in [2.05, 4.69) is 4.85 Å². The summed E-state index contributed by atoms with van der Waals surface area (Å²) in [5, 5.41) is 0.280. The van der Waals surface area contributed by atoms with Crippen molar-refractivity contribution in [2.24, 2.45) is 0 Å².